The first-order valence-corrected chi connectivity index (χ1v) is 6.95. The first-order chi connectivity index (χ1) is 10.1. The third-order valence-electron chi connectivity index (χ3n) is 3.12. The van der Waals surface area contributed by atoms with Gasteiger partial charge in [-0.05, 0) is 24.6 Å². The Kier molecular flexibility index (Phi) is 4.80. The fourth-order valence-corrected chi connectivity index (χ4v) is 2.21. The molecule has 6 nitrogen and oxygen atoms in total. The van der Waals surface area contributed by atoms with Gasteiger partial charge in [-0.15, -0.1) is 10.2 Å². The Morgan fingerprint density at radius 2 is 2.05 bits per heavy atom. The van der Waals surface area contributed by atoms with Crippen molar-refractivity contribution in [3.05, 3.63) is 40.7 Å². The van der Waals surface area contributed by atoms with Gasteiger partial charge in [0.1, 0.15) is 5.92 Å². The molecule has 1 unspecified atom stereocenters. The molecular formula is C14H17ClN4O2. The van der Waals surface area contributed by atoms with Crippen LogP contribution in [0.25, 0.3) is 0 Å². The van der Waals surface area contributed by atoms with Crippen molar-refractivity contribution < 1.29 is 9.53 Å². The van der Waals surface area contributed by atoms with Gasteiger partial charge in [-0.2, -0.15) is 0 Å². The second-order valence-electron chi connectivity index (χ2n) is 4.43. The maximum Gasteiger partial charge on any atom is 0.321 e. The molecule has 2 rings (SSSR count). The Bertz CT molecular complexity index is 624. The molecule has 1 heterocycles. The van der Waals surface area contributed by atoms with E-state index in [2.05, 4.69) is 15.5 Å². The van der Waals surface area contributed by atoms with Crippen LogP contribution in [0, 0.1) is 0 Å². The number of carbonyl (C=O) groups is 1. The van der Waals surface area contributed by atoms with E-state index in [-0.39, 0.29) is 5.97 Å². The lowest BCUT2D eigenvalue weighted by atomic mass is 9.98. The number of rotatable bonds is 5. The fraction of sp³-hybridized carbons (Fsp3) is 0.357. The Morgan fingerprint density at radius 3 is 2.57 bits per heavy atom. The summed E-state index contributed by atoms with van der Waals surface area (Å²) in [4.78, 5) is 12.3. The molecule has 0 bridgehead atoms. The van der Waals surface area contributed by atoms with E-state index in [1.54, 1.807) is 49.9 Å². The zero-order valence-corrected chi connectivity index (χ0v) is 12.9. The number of benzene rings is 1. The topological polar surface area (TPSA) is 69.0 Å². The molecular weight excluding hydrogens is 292 g/mol. The predicted molar refractivity (Wildman–Crippen MR) is 80.5 cm³/mol. The molecule has 7 heteroatoms. The van der Waals surface area contributed by atoms with E-state index < -0.39 is 5.92 Å². The lowest BCUT2D eigenvalue weighted by Crippen LogP contribution is -2.21. The summed E-state index contributed by atoms with van der Waals surface area (Å²) < 4.78 is 6.90. The maximum atomic E-state index is 12.3. The highest BCUT2D eigenvalue weighted by atomic mass is 35.5. The van der Waals surface area contributed by atoms with Crippen molar-refractivity contribution in [2.75, 3.05) is 19.0 Å². The van der Waals surface area contributed by atoms with Crippen LogP contribution in [0.1, 0.15) is 24.2 Å². The highest BCUT2D eigenvalue weighted by Gasteiger charge is 2.29. The fourth-order valence-electron chi connectivity index (χ4n) is 2.08. The van der Waals surface area contributed by atoms with Crippen molar-refractivity contribution in [2.45, 2.75) is 12.8 Å². The van der Waals surface area contributed by atoms with Gasteiger partial charge in [0.15, 0.2) is 5.82 Å². The van der Waals surface area contributed by atoms with Crippen molar-refractivity contribution in [3.63, 3.8) is 0 Å². The minimum Gasteiger partial charge on any atom is -0.465 e. The van der Waals surface area contributed by atoms with E-state index in [0.29, 0.717) is 23.4 Å². The first kappa shape index (κ1) is 15.3. The third kappa shape index (κ3) is 3.16. The highest BCUT2D eigenvalue weighted by Crippen LogP contribution is 2.27. The number of carbonyl (C=O) groups excluding carboxylic acids is 1. The van der Waals surface area contributed by atoms with Gasteiger partial charge in [-0.25, -0.2) is 0 Å². The summed E-state index contributed by atoms with van der Waals surface area (Å²) in [5.41, 5.74) is 0.760. The van der Waals surface area contributed by atoms with Gasteiger partial charge in [-0.1, -0.05) is 23.7 Å². The van der Waals surface area contributed by atoms with Crippen LogP contribution in [-0.4, -0.2) is 34.4 Å². The van der Waals surface area contributed by atoms with Gasteiger partial charge in [0, 0.05) is 19.1 Å². The molecule has 1 aromatic heterocycles. The predicted octanol–water partition coefficient (Wildman–Crippen LogP) is 2.21. The molecule has 1 aromatic carbocycles. The molecule has 112 valence electrons. The number of nitrogens with one attached hydrogen (secondary N) is 1. The number of ether oxygens (including phenoxy) is 1. The lowest BCUT2D eigenvalue weighted by Gasteiger charge is -2.15. The zero-order valence-electron chi connectivity index (χ0n) is 12.1. The van der Waals surface area contributed by atoms with Crippen LogP contribution in [-0.2, 0) is 16.6 Å². The summed E-state index contributed by atoms with van der Waals surface area (Å²) in [5, 5.41) is 11.6. The summed E-state index contributed by atoms with van der Waals surface area (Å²) in [7, 11) is 3.54. The molecule has 1 N–H and O–H groups in total. The van der Waals surface area contributed by atoms with Crippen LogP contribution >= 0.6 is 11.6 Å². The normalized spacial score (nSPS) is 12.0. The Balaban J connectivity index is 2.47. The molecule has 21 heavy (non-hydrogen) atoms. The molecule has 0 radical (unpaired) electrons. The van der Waals surface area contributed by atoms with Gasteiger partial charge >= 0.3 is 5.97 Å². The van der Waals surface area contributed by atoms with Crippen molar-refractivity contribution in [1.29, 1.82) is 0 Å². The second kappa shape index (κ2) is 6.58. The highest BCUT2D eigenvalue weighted by molar-refractivity contribution is 6.30. The Morgan fingerprint density at radius 1 is 1.38 bits per heavy atom. The van der Waals surface area contributed by atoms with E-state index in [0.717, 1.165) is 5.56 Å². The van der Waals surface area contributed by atoms with Crippen LogP contribution in [0.3, 0.4) is 0 Å². The molecule has 1 atom stereocenters. The molecule has 2 aromatic rings. The number of nitrogens with zero attached hydrogens (tertiary/aromatic N) is 3. The Hall–Kier alpha value is -2.08. The molecule has 0 spiro atoms. The van der Waals surface area contributed by atoms with Gasteiger partial charge in [0.25, 0.3) is 0 Å². The van der Waals surface area contributed by atoms with E-state index in [4.69, 9.17) is 16.3 Å². The minimum atomic E-state index is -0.637. The molecule has 0 saturated carbocycles. The van der Waals surface area contributed by atoms with Crippen molar-refractivity contribution in [3.8, 4) is 0 Å². The average Bonchev–Trinajstić information content (AvgIpc) is 2.83. The first-order valence-electron chi connectivity index (χ1n) is 6.57. The van der Waals surface area contributed by atoms with E-state index in [9.17, 15) is 4.79 Å². The third-order valence-corrected chi connectivity index (χ3v) is 3.37. The summed E-state index contributed by atoms with van der Waals surface area (Å²) in [6.07, 6.45) is 0. The van der Waals surface area contributed by atoms with Crippen molar-refractivity contribution >= 4 is 23.5 Å². The SMILES string of the molecule is CCOC(=O)C(c1ccc(Cl)cc1)c1nnc(NC)n1C. The average molecular weight is 309 g/mol. The van der Waals surface area contributed by atoms with Gasteiger partial charge < -0.3 is 10.1 Å². The summed E-state index contributed by atoms with van der Waals surface area (Å²) in [5.74, 6) is 0.0909. The quantitative estimate of drug-likeness (QED) is 0.858. The number of hydrogen-bond donors (Lipinski definition) is 1. The minimum absolute atomic E-state index is 0.305. The number of esters is 1. The van der Waals surface area contributed by atoms with Crippen LogP contribution in [0.5, 0.6) is 0 Å². The molecule has 0 aliphatic heterocycles. The van der Waals surface area contributed by atoms with Gasteiger partial charge in [0.2, 0.25) is 5.95 Å². The molecule has 0 amide bonds. The number of hydrogen-bond acceptors (Lipinski definition) is 5. The van der Waals surface area contributed by atoms with E-state index >= 15 is 0 Å². The molecule has 0 saturated heterocycles. The van der Waals surface area contributed by atoms with Gasteiger partial charge in [0.05, 0.1) is 6.61 Å². The van der Waals surface area contributed by atoms with E-state index in [1.807, 2.05) is 0 Å². The largest absolute Gasteiger partial charge is 0.465 e. The van der Waals surface area contributed by atoms with Gasteiger partial charge in [-0.3, -0.25) is 9.36 Å². The smallest absolute Gasteiger partial charge is 0.321 e. The second-order valence-corrected chi connectivity index (χ2v) is 4.86. The summed E-state index contributed by atoms with van der Waals surface area (Å²) in [6.45, 7) is 2.08. The Labute approximate surface area is 128 Å². The number of aromatic nitrogens is 3. The van der Waals surface area contributed by atoms with Crippen LogP contribution in [0.4, 0.5) is 5.95 Å². The molecule has 0 aliphatic rings. The standard InChI is InChI=1S/C14H17ClN4O2/c1-4-21-13(20)11(9-5-7-10(15)8-6-9)12-17-18-14(16-2)19(12)3/h5-8,11H,4H2,1-3H3,(H,16,18). The van der Waals surface area contributed by atoms with Crippen LogP contribution in [0.15, 0.2) is 24.3 Å². The number of anilines is 1. The van der Waals surface area contributed by atoms with Crippen LogP contribution in [0.2, 0.25) is 5.02 Å². The monoisotopic (exact) mass is 308 g/mol. The lowest BCUT2D eigenvalue weighted by molar-refractivity contribution is -0.144. The molecule has 0 fully saturated rings. The summed E-state index contributed by atoms with van der Waals surface area (Å²) >= 11 is 5.90. The van der Waals surface area contributed by atoms with Crippen LogP contribution < -0.4 is 5.32 Å². The molecule has 0 aliphatic carbocycles. The van der Waals surface area contributed by atoms with E-state index in [1.165, 1.54) is 0 Å². The van der Waals surface area contributed by atoms with Crippen molar-refractivity contribution in [2.24, 2.45) is 7.05 Å². The summed E-state index contributed by atoms with van der Waals surface area (Å²) in [6, 6.07) is 7.05. The zero-order chi connectivity index (χ0) is 15.4. The van der Waals surface area contributed by atoms with Crippen molar-refractivity contribution in [1.82, 2.24) is 14.8 Å². The number of halogens is 1. The maximum absolute atomic E-state index is 12.3.